The normalized spacial score (nSPS) is 11.2. The number of ether oxygens (including phenoxy) is 2. The first-order chi connectivity index (χ1) is 9.30. The molecule has 0 radical (unpaired) electrons. The van der Waals surface area contributed by atoms with Crippen molar-refractivity contribution in [2.24, 2.45) is 0 Å². The number of likely N-dealkylation sites (N-methyl/N-ethyl adjacent to an activating group) is 1. The summed E-state index contributed by atoms with van der Waals surface area (Å²) >= 11 is 0. The SMILES string of the molecule is COc1ccc(NS(=O)(=O)N(C)CC(=O)O)c(OC)c1. The number of carboxylic acid groups (broad SMARTS) is 1. The quantitative estimate of drug-likeness (QED) is 0.754. The van der Waals surface area contributed by atoms with Gasteiger partial charge in [-0.1, -0.05) is 0 Å². The first-order valence-corrected chi connectivity index (χ1v) is 6.92. The number of anilines is 1. The Hall–Kier alpha value is -2.00. The third kappa shape index (κ3) is 4.00. The average Bonchev–Trinajstić information content (AvgIpc) is 2.38. The molecule has 0 atom stereocenters. The van der Waals surface area contributed by atoms with E-state index in [-0.39, 0.29) is 11.4 Å². The molecule has 9 heteroatoms. The Morgan fingerprint density at radius 2 is 2.00 bits per heavy atom. The van der Waals surface area contributed by atoms with Gasteiger partial charge in [-0.3, -0.25) is 9.52 Å². The maximum atomic E-state index is 11.9. The zero-order chi connectivity index (χ0) is 15.3. The maximum Gasteiger partial charge on any atom is 0.318 e. The fourth-order valence-corrected chi connectivity index (χ4v) is 2.26. The molecule has 2 N–H and O–H groups in total. The Morgan fingerprint density at radius 3 is 2.50 bits per heavy atom. The number of hydrogen-bond acceptors (Lipinski definition) is 5. The number of nitrogens with one attached hydrogen (secondary N) is 1. The molecule has 1 aromatic rings. The van der Waals surface area contributed by atoms with E-state index in [1.54, 1.807) is 6.07 Å². The zero-order valence-corrected chi connectivity index (χ0v) is 12.1. The van der Waals surface area contributed by atoms with Crippen molar-refractivity contribution in [3.63, 3.8) is 0 Å². The number of carbonyl (C=O) groups is 1. The molecule has 0 saturated carbocycles. The highest BCUT2D eigenvalue weighted by Gasteiger charge is 2.21. The van der Waals surface area contributed by atoms with E-state index < -0.39 is 22.7 Å². The molecule has 0 fully saturated rings. The van der Waals surface area contributed by atoms with Crippen LogP contribution in [-0.4, -0.2) is 51.6 Å². The van der Waals surface area contributed by atoms with E-state index in [9.17, 15) is 13.2 Å². The molecule has 8 nitrogen and oxygen atoms in total. The summed E-state index contributed by atoms with van der Waals surface area (Å²) in [5.74, 6) is -0.486. The number of methoxy groups -OCH3 is 2. The van der Waals surface area contributed by atoms with E-state index in [2.05, 4.69) is 4.72 Å². The van der Waals surface area contributed by atoms with Crippen molar-refractivity contribution in [2.45, 2.75) is 0 Å². The van der Waals surface area contributed by atoms with Crippen molar-refractivity contribution in [3.8, 4) is 11.5 Å². The molecule has 1 aromatic carbocycles. The van der Waals surface area contributed by atoms with Gasteiger partial charge in [0, 0.05) is 13.1 Å². The van der Waals surface area contributed by atoms with E-state index >= 15 is 0 Å². The molecule has 0 spiro atoms. The second-order valence-corrected chi connectivity index (χ2v) is 5.60. The summed E-state index contributed by atoms with van der Waals surface area (Å²) in [5, 5.41) is 8.61. The number of carboxylic acids is 1. The Morgan fingerprint density at radius 1 is 1.35 bits per heavy atom. The molecule has 0 aromatic heterocycles. The monoisotopic (exact) mass is 304 g/mol. The van der Waals surface area contributed by atoms with Gasteiger partial charge in [-0.25, -0.2) is 0 Å². The molecular weight excluding hydrogens is 288 g/mol. The zero-order valence-electron chi connectivity index (χ0n) is 11.3. The minimum Gasteiger partial charge on any atom is -0.497 e. The van der Waals surface area contributed by atoms with Gasteiger partial charge >= 0.3 is 16.2 Å². The predicted octanol–water partition coefficient (Wildman–Crippen LogP) is 0.377. The van der Waals surface area contributed by atoms with Gasteiger partial charge in [0.25, 0.3) is 0 Å². The van der Waals surface area contributed by atoms with Gasteiger partial charge in [-0.15, -0.1) is 0 Å². The largest absolute Gasteiger partial charge is 0.497 e. The Kier molecular flexibility index (Phi) is 5.17. The van der Waals surface area contributed by atoms with Gasteiger partial charge in [0.1, 0.15) is 18.0 Å². The summed E-state index contributed by atoms with van der Waals surface area (Å²) < 4.78 is 36.8. The lowest BCUT2D eigenvalue weighted by atomic mass is 10.3. The summed E-state index contributed by atoms with van der Waals surface area (Å²) in [5.41, 5.74) is 0.186. The summed E-state index contributed by atoms with van der Waals surface area (Å²) in [6.45, 7) is -0.645. The molecule has 112 valence electrons. The van der Waals surface area contributed by atoms with E-state index in [1.807, 2.05) is 0 Å². The predicted molar refractivity (Wildman–Crippen MR) is 72.4 cm³/mol. The third-order valence-corrected chi connectivity index (χ3v) is 3.84. The molecule has 0 aliphatic heterocycles. The maximum absolute atomic E-state index is 11.9. The van der Waals surface area contributed by atoms with Crippen molar-refractivity contribution in [3.05, 3.63) is 18.2 Å². The number of benzene rings is 1. The van der Waals surface area contributed by atoms with Crippen LogP contribution in [0.1, 0.15) is 0 Å². The summed E-state index contributed by atoms with van der Waals surface area (Å²) in [7, 11) is 0.0343. The molecule has 0 heterocycles. The molecule has 0 amide bonds. The Labute approximate surface area is 117 Å². The minimum absolute atomic E-state index is 0.186. The summed E-state index contributed by atoms with van der Waals surface area (Å²) in [4.78, 5) is 10.5. The summed E-state index contributed by atoms with van der Waals surface area (Å²) in [6.07, 6.45) is 0. The van der Waals surface area contributed by atoms with Gasteiger partial charge in [0.2, 0.25) is 0 Å². The van der Waals surface area contributed by atoms with E-state index in [0.717, 1.165) is 7.05 Å². The number of hydrogen-bond donors (Lipinski definition) is 2. The number of rotatable bonds is 7. The topological polar surface area (TPSA) is 105 Å². The fraction of sp³-hybridized carbons (Fsp3) is 0.364. The molecule has 0 aliphatic rings. The van der Waals surface area contributed by atoms with Crippen LogP contribution in [-0.2, 0) is 15.0 Å². The van der Waals surface area contributed by atoms with Crippen molar-refractivity contribution < 1.29 is 27.8 Å². The van der Waals surface area contributed by atoms with Gasteiger partial charge in [-0.05, 0) is 12.1 Å². The van der Waals surface area contributed by atoms with Crippen LogP contribution >= 0.6 is 0 Å². The number of nitrogens with zero attached hydrogens (tertiary/aromatic N) is 1. The smallest absolute Gasteiger partial charge is 0.318 e. The highest BCUT2D eigenvalue weighted by atomic mass is 32.2. The van der Waals surface area contributed by atoms with Crippen LogP contribution < -0.4 is 14.2 Å². The van der Waals surface area contributed by atoms with Crippen molar-refractivity contribution in [2.75, 3.05) is 32.5 Å². The minimum atomic E-state index is -3.98. The molecule has 1 rings (SSSR count). The van der Waals surface area contributed by atoms with Gasteiger partial charge in [0.05, 0.1) is 19.9 Å². The van der Waals surface area contributed by atoms with Crippen LogP contribution in [0, 0.1) is 0 Å². The average molecular weight is 304 g/mol. The molecule has 0 saturated heterocycles. The van der Waals surface area contributed by atoms with Crippen molar-refractivity contribution in [1.29, 1.82) is 0 Å². The van der Waals surface area contributed by atoms with Crippen molar-refractivity contribution in [1.82, 2.24) is 4.31 Å². The Bertz CT molecular complexity index is 587. The van der Waals surface area contributed by atoms with Crippen LogP contribution in [0.4, 0.5) is 5.69 Å². The number of aliphatic carboxylic acids is 1. The van der Waals surface area contributed by atoms with Crippen LogP contribution in [0.25, 0.3) is 0 Å². The lowest BCUT2D eigenvalue weighted by Gasteiger charge is -2.18. The van der Waals surface area contributed by atoms with E-state index in [1.165, 1.54) is 26.4 Å². The highest BCUT2D eigenvalue weighted by molar-refractivity contribution is 7.90. The van der Waals surface area contributed by atoms with Crippen LogP contribution in [0.15, 0.2) is 18.2 Å². The third-order valence-electron chi connectivity index (χ3n) is 2.42. The van der Waals surface area contributed by atoms with Gasteiger partial charge in [0.15, 0.2) is 0 Å². The summed E-state index contributed by atoms with van der Waals surface area (Å²) in [6, 6.07) is 4.52. The van der Waals surface area contributed by atoms with E-state index in [0.29, 0.717) is 10.1 Å². The standard InChI is InChI=1S/C11H16N2O6S/c1-13(7-11(14)15)20(16,17)12-9-5-4-8(18-2)6-10(9)19-3/h4-6,12H,7H2,1-3H3,(H,14,15). The Balaban J connectivity index is 3.00. The molecule has 20 heavy (non-hydrogen) atoms. The van der Waals surface area contributed by atoms with E-state index in [4.69, 9.17) is 14.6 Å². The molecule has 0 aliphatic carbocycles. The first-order valence-electron chi connectivity index (χ1n) is 5.48. The van der Waals surface area contributed by atoms with Gasteiger partial charge in [-0.2, -0.15) is 12.7 Å². The van der Waals surface area contributed by atoms with Crippen LogP contribution in [0.2, 0.25) is 0 Å². The lowest BCUT2D eigenvalue weighted by Crippen LogP contribution is -2.36. The molecule has 0 bridgehead atoms. The fourth-order valence-electron chi connectivity index (χ4n) is 1.38. The second-order valence-electron chi connectivity index (χ2n) is 3.82. The second kappa shape index (κ2) is 6.44. The van der Waals surface area contributed by atoms with Gasteiger partial charge < -0.3 is 14.6 Å². The highest BCUT2D eigenvalue weighted by Crippen LogP contribution is 2.29. The molecular formula is C11H16N2O6S. The van der Waals surface area contributed by atoms with Crippen molar-refractivity contribution >= 4 is 21.9 Å². The molecule has 0 unspecified atom stereocenters. The van der Waals surface area contributed by atoms with Crippen LogP contribution in [0.3, 0.4) is 0 Å². The first kappa shape index (κ1) is 16.1. The lowest BCUT2D eigenvalue weighted by molar-refractivity contribution is -0.137. The van der Waals surface area contributed by atoms with Crippen LogP contribution in [0.5, 0.6) is 11.5 Å².